The van der Waals surface area contributed by atoms with E-state index in [0.717, 1.165) is 6.42 Å². The fourth-order valence-corrected chi connectivity index (χ4v) is 1.04. The first-order valence-electron chi connectivity index (χ1n) is 5.13. The zero-order valence-electron chi connectivity index (χ0n) is 9.71. The second kappa shape index (κ2) is 8.23. The highest BCUT2D eigenvalue weighted by atomic mass is 16.5. The van der Waals surface area contributed by atoms with Crippen molar-refractivity contribution in [2.24, 2.45) is 0 Å². The van der Waals surface area contributed by atoms with Gasteiger partial charge in [-0.1, -0.05) is 6.92 Å². The lowest BCUT2D eigenvalue weighted by atomic mass is 10.4. The predicted octanol–water partition coefficient (Wildman–Crippen LogP) is 0.00750. The van der Waals surface area contributed by atoms with Gasteiger partial charge in [0.05, 0.1) is 13.2 Å². The molecule has 0 aromatic heterocycles. The molecular weight excluding hydrogens is 196 g/mol. The second-order valence-corrected chi connectivity index (χ2v) is 3.28. The minimum absolute atomic E-state index is 0.110. The van der Waals surface area contributed by atoms with E-state index in [0.29, 0.717) is 19.7 Å². The van der Waals surface area contributed by atoms with Crippen molar-refractivity contribution in [2.75, 3.05) is 33.4 Å². The quantitative estimate of drug-likeness (QED) is 0.652. The van der Waals surface area contributed by atoms with Gasteiger partial charge in [-0.25, -0.2) is 0 Å². The van der Waals surface area contributed by atoms with Gasteiger partial charge < -0.3 is 15.0 Å². The third-order valence-electron chi connectivity index (χ3n) is 1.92. The Morgan fingerprint density at radius 3 is 2.53 bits per heavy atom. The van der Waals surface area contributed by atoms with Crippen LogP contribution in [-0.2, 0) is 14.3 Å². The molecule has 0 bridgehead atoms. The van der Waals surface area contributed by atoms with Crippen LogP contribution >= 0.6 is 0 Å². The smallest absolute Gasteiger partial charge is 0.239 e. The molecule has 0 rings (SSSR count). The average molecular weight is 216 g/mol. The number of hydrogen-bond donors (Lipinski definition) is 1. The molecule has 88 valence electrons. The highest BCUT2D eigenvalue weighted by molar-refractivity contribution is 5.83. The van der Waals surface area contributed by atoms with E-state index in [1.807, 2.05) is 6.92 Å². The fourth-order valence-electron chi connectivity index (χ4n) is 1.04. The van der Waals surface area contributed by atoms with Gasteiger partial charge >= 0.3 is 0 Å². The highest BCUT2D eigenvalue weighted by Gasteiger charge is 2.12. The normalized spacial score (nSPS) is 9.80. The number of amides is 2. The Labute approximate surface area is 90.8 Å². The first-order chi connectivity index (χ1) is 7.11. The first kappa shape index (κ1) is 13.9. The van der Waals surface area contributed by atoms with E-state index < -0.39 is 0 Å². The van der Waals surface area contributed by atoms with Crippen LogP contribution in [0.25, 0.3) is 0 Å². The van der Waals surface area contributed by atoms with Crippen LogP contribution in [0, 0.1) is 0 Å². The predicted molar refractivity (Wildman–Crippen MR) is 57.4 cm³/mol. The molecule has 0 aromatic carbocycles. The van der Waals surface area contributed by atoms with Crippen molar-refractivity contribution in [3.63, 3.8) is 0 Å². The van der Waals surface area contributed by atoms with Crippen molar-refractivity contribution in [3.8, 4) is 0 Å². The monoisotopic (exact) mass is 216 g/mol. The van der Waals surface area contributed by atoms with Crippen LogP contribution in [0.1, 0.15) is 20.3 Å². The topological polar surface area (TPSA) is 58.6 Å². The molecule has 0 aliphatic carbocycles. The van der Waals surface area contributed by atoms with Crippen LogP contribution in [0.4, 0.5) is 0 Å². The van der Waals surface area contributed by atoms with Gasteiger partial charge in [0.2, 0.25) is 11.8 Å². The maximum atomic E-state index is 11.3. The van der Waals surface area contributed by atoms with Crippen molar-refractivity contribution < 1.29 is 14.3 Å². The number of rotatable bonds is 7. The van der Waals surface area contributed by atoms with Crippen LogP contribution in [-0.4, -0.2) is 50.1 Å². The van der Waals surface area contributed by atoms with Crippen LogP contribution < -0.4 is 5.32 Å². The third kappa shape index (κ3) is 6.90. The van der Waals surface area contributed by atoms with Crippen molar-refractivity contribution in [1.82, 2.24) is 10.2 Å². The SMILES string of the molecule is CCCNC(=O)CN(CCOC)C(C)=O. The fraction of sp³-hybridized carbons (Fsp3) is 0.800. The number of nitrogens with one attached hydrogen (secondary N) is 1. The van der Waals surface area contributed by atoms with Gasteiger partial charge in [0.25, 0.3) is 0 Å². The summed E-state index contributed by atoms with van der Waals surface area (Å²) in [6.45, 7) is 5.08. The summed E-state index contributed by atoms with van der Waals surface area (Å²) in [6.07, 6.45) is 0.893. The molecule has 0 saturated carbocycles. The standard InChI is InChI=1S/C10H20N2O3/c1-4-5-11-10(14)8-12(9(2)13)6-7-15-3/h4-8H2,1-3H3,(H,11,14). The maximum absolute atomic E-state index is 11.3. The molecule has 0 aliphatic heterocycles. The van der Waals surface area contributed by atoms with E-state index in [1.165, 1.54) is 11.8 Å². The van der Waals surface area contributed by atoms with Gasteiger partial charge in [0.15, 0.2) is 0 Å². The Morgan fingerprint density at radius 1 is 1.40 bits per heavy atom. The summed E-state index contributed by atoms with van der Waals surface area (Å²) < 4.78 is 4.86. The summed E-state index contributed by atoms with van der Waals surface area (Å²) in [5.41, 5.74) is 0. The van der Waals surface area contributed by atoms with Crippen molar-refractivity contribution in [3.05, 3.63) is 0 Å². The molecule has 1 N–H and O–H groups in total. The molecule has 0 radical (unpaired) electrons. The molecule has 0 fully saturated rings. The summed E-state index contributed by atoms with van der Waals surface area (Å²) in [7, 11) is 1.56. The van der Waals surface area contributed by atoms with Crippen LogP contribution in [0.5, 0.6) is 0 Å². The largest absolute Gasteiger partial charge is 0.383 e. The molecule has 2 amide bonds. The van der Waals surface area contributed by atoms with E-state index in [9.17, 15) is 9.59 Å². The Balaban J connectivity index is 3.93. The molecule has 0 spiro atoms. The lowest BCUT2D eigenvalue weighted by Gasteiger charge is -2.19. The molecule has 0 saturated heterocycles. The van der Waals surface area contributed by atoms with Gasteiger partial charge in [-0.3, -0.25) is 9.59 Å². The van der Waals surface area contributed by atoms with Crippen LogP contribution in [0.3, 0.4) is 0 Å². The second-order valence-electron chi connectivity index (χ2n) is 3.28. The summed E-state index contributed by atoms with van der Waals surface area (Å²) in [5, 5.41) is 2.72. The number of methoxy groups -OCH3 is 1. The van der Waals surface area contributed by atoms with E-state index in [1.54, 1.807) is 7.11 Å². The van der Waals surface area contributed by atoms with E-state index in [2.05, 4.69) is 5.32 Å². The van der Waals surface area contributed by atoms with Gasteiger partial charge in [0, 0.05) is 27.1 Å². The lowest BCUT2D eigenvalue weighted by Crippen LogP contribution is -2.41. The third-order valence-corrected chi connectivity index (χ3v) is 1.92. The summed E-state index contributed by atoms with van der Waals surface area (Å²) in [4.78, 5) is 24.0. The summed E-state index contributed by atoms with van der Waals surface area (Å²) in [5.74, 6) is -0.234. The molecule has 15 heavy (non-hydrogen) atoms. The van der Waals surface area contributed by atoms with Crippen molar-refractivity contribution in [2.45, 2.75) is 20.3 Å². The number of carbonyl (C=O) groups excluding carboxylic acids is 2. The molecule has 0 atom stereocenters. The molecule has 5 nitrogen and oxygen atoms in total. The van der Waals surface area contributed by atoms with Gasteiger partial charge in [0.1, 0.15) is 0 Å². The summed E-state index contributed by atoms with van der Waals surface area (Å²) in [6, 6.07) is 0. The molecule has 0 heterocycles. The minimum atomic E-state index is -0.122. The van der Waals surface area contributed by atoms with Crippen LogP contribution in [0.15, 0.2) is 0 Å². The Bertz CT molecular complexity index is 207. The molecule has 5 heteroatoms. The van der Waals surface area contributed by atoms with Crippen LogP contribution in [0.2, 0.25) is 0 Å². The highest BCUT2D eigenvalue weighted by Crippen LogP contribution is 1.89. The Morgan fingerprint density at radius 2 is 2.07 bits per heavy atom. The molecular formula is C10H20N2O3. The minimum Gasteiger partial charge on any atom is -0.383 e. The Kier molecular flexibility index (Phi) is 7.62. The zero-order chi connectivity index (χ0) is 11.7. The first-order valence-corrected chi connectivity index (χ1v) is 5.13. The van der Waals surface area contributed by atoms with Gasteiger partial charge in [-0.15, -0.1) is 0 Å². The zero-order valence-corrected chi connectivity index (χ0v) is 9.71. The van der Waals surface area contributed by atoms with E-state index in [4.69, 9.17) is 4.74 Å². The molecule has 0 unspecified atom stereocenters. The van der Waals surface area contributed by atoms with Crippen molar-refractivity contribution in [1.29, 1.82) is 0 Å². The average Bonchev–Trinajstić information content (AvgIpc) is 2.20. The Hall–Kier alpha value is -1.10. The van der Waals surface area contributed by atoms with E-state index >= 15 is 0 Å². The molecule has 0 aromatic rings. The number of carbonyl (C=O) groups is 2. The number of hydrogen-bond acceptors (Lipinski definition) is 3. The lowest BCUT2D eigenvalue weighted by molar-refractivity contribution is -0.134. The van der Waals surface area contributed by atoms with Gasteiger partial charge in [-0.2, -0.15) is 0 Å². The van der Waals surface area contributed by atoms with Gasteiger partial charge in [-0.05, 0) is 6.42 Å². The van der Waals surface area contributed by atoms with Crippen molar-refractivity contribution >= 4 is 11.8 Å². The number of nitrogens with zero attached hydrogens (tertiary/aromatic N) is 1. The molecule has 0 aliphatic rings. The van der Waals surface area contributed by atoms with E-state index in [-0.39, 0.29) is 18.4 Å². The maximum Gasteiger partial charge on any atom is 0.239 e. The number of ether oxygens (including phenoxy) is 1. The summed E-state index contributed by atoms with van der Waals surface area (Å²) >= 11 is 0.